The molecule has 0 aliphatic carbocycles. The highest BCUT2D eigenvalue weighted by Gasteiger charge is 2.22. The standard InChI is InChI=1S/C8H16N2O/c1-3-10-7-4-5-9-6-8(7)11-2/h3,7-10H,1,4-6H2,2H3. The fraction of sp³-hybridized carbons (Fsp3) is 0.750. The van der Waals surface area contributed by atoms with Crippen molar-refractivity contribution in [1.82, 2.24) is 10.6 Å². The van der Waals surface area contributed by atoms with Crippen molar-refractivity contribution in [3.63, 3.8) is 0 Å². The molecule has 1 heterocycles. The van der Waals surface area contributed by atoms with Gasteiger partial charge < -0.3 is 15.4 Å². The molecule has 64 valence electrons. The van der Waals surface area contributed by atoms with E-state index in [0.717, 1.165) is 19.5 Å². The highest BCUT2D eigenvalue weighted by molar-refractivity contribution is 4.86. The summed E-state index contributed by atoms with van der Waals surface area (Å²) >= 11 is 0. The van der Waals surface area contributed by atoms with E-state index in [1.807, 2.05) is 0 Å². The van der Waals surface area contributed by atoms with E-state index < -0.39 is 0 Å². The third-order valence-electron chi connectivity index (χ3n) is 2.06. The maximum atomic E-state index is 5.28. The van der Waals surface area contributed by atoms with Gasteiger partial charge in [-0.15, -0.1) is 0 Å². The lowest BCUT2D eigenvalue weighted by atomic mass is 10.0. The van der Waals surface area contributed by atoms with Crippen LogP contribution in [0.2, 0.25) is 0 Å². The molecular weight excluding hydrogens is 140 g/mol. The van der Waals surface area contributed by atoms with Crippen LogP contribution in [-0.2, 0) is 4.74 Å². The van der Waals surface area contributed by atoms with E-state index in [-0.39, 0.29) is 6.10 Å². The average Bonchev–Trinajstić information content (AvgIpc) is 2.06. The summed E-state index contributed by atoms with van der Waals surface area (Å²) in [5.74, 6) is 0. The highest BCUT2D eigenvalue weighted by Crippen LogP contribution is 2.06. The average molecular weight is 156 g/mol. The molecule has 1 aliphatic rings. The molecule has 0 aromatic heterocycles. The first kappa shape index (κ1) is 8.56. The van der Waals surface area contributed by atoms with Crippen molar-refractivity contribution < 1.29 is 4.74 Å². The quantitative estimate of drug-likeness (QED) is 0.608. The smallest absolute Gasteiger partial charge is 0.0896 e. The minimum absolute atomic E-state index is 0.279. The van der Waals surface area contributed by atoms with Crippen molar-refractivity contribution in [3.8, 4) is 0 Å². The van der Waals surface area contributed by atoms with Gasteiger partial charge in [0.05, 0.1) is 12.1 Å². The predicted molar refractivity (Wildman–Crippen MR) is 45.4 cm³/mol. The van der Waals surface area contributed by atoms with Crippen LogP contribution in [0.15, 0.2) is 12.8 Å². The van der Waals surface area contributed by atoms with Gasteiger partial charge in [0.15, 0.2) is 0 Å². The molecule has 2 atom stereocenters. The van der Waals surface area contributed by atoms with E-state index >= 15 is 0 Å². The van der Waals surface area contributed by atoms with E-state index in [1.54, 1.807) is 13.3 Å². The molecule has 3 heteroatoms. The maximum Gasteiger partial charge on any atom is 0.0896 e. The highest BCUT2D eigenvalue weighted by atomic mass is 16.5. The molecule has 3 nitrogen and oxygen atoms in total. The molecule has 2 unspecified atom stereocenters. The molecule has 0 amide bonds. The van der Waals surface area contributed by atoms with Crippen molar-refractivity contribution in [2.75, 3.05) is 20.2 Å². The minimum atomic E-state index is 0.279. The van der Waals surface area contributed by atoms with E-state index in [2.05, 4.69) is 17.2 Å². The van der Waals surface area contributed by atoms with Crippen molar-refractivity contribution in [2.45, 2.75) is 18.6 Å². The van der Waals surface area contributed by atoms with E-state index in [1.165, 1.54) is 0 Å². The molecule has 11 heavy (non-hydrogen) atoms. The monoisotopic (exact) mass is 156 g/mol. The second-order valence-electron chi connectivity index (χ2n) is 2.74. The Hall–Kier alpha value is -0.540. The molecule has 0 spiro atoms. The SMILES string of the molecule is C=CNC1CCNCC1OC. The summed E-state index contributed by atoms with van der Waals surface area (Å²) in [6, 6.07) is 0.429. The molecule has 1 saturated heterocycles. The number of hydrogen-bond donors (Lipinski definition) is 2. The van der Waals surface area contributed by atoms with Crippen molar-refractivity contribution in [3.05, 3.63) is 12.8 Å². The lowest BCUT2D eigenvalue weighted by molar-refractivity contribution is 0.0564. The van der Waals surface area contributed by atoms with Gasteiger partial charge in [-0.25, -0.2) is 0 Å². The largest absolute Gasteiger partial charge is 0.386 e. The van der Waals surface area contributed by atoms with Crippen LogP contribution >= 0.6 is 0 Å². The van der Waals surface area contributed by atoms with Gasteiger partial charge in [0, 0.05) is 13.7 Å². The summed E-state index contributed by atoms with van der Waals surface area (Å²) in [5, 5.41) is 6.46. The van der Waals surface area contributed by atoms with Crippen LogP contribution in [0.5, 0.6) is 0 Å². The zero-order chi connectivity index (χ0) is 8.10. The van der Waals surface area contributed by atoms with Gasteiger partial charge in [-0.05, 0) is 19.2 Å². The number of ether oxygens (including phenoxy) is 1. The van der Waals surface area contributed by atoms with Crippen LogP contribution in [-0.4, -0.2) is 32.3 Å². The first-order valence-electron chi connectivity index (χ1n) is 3.99. The number of methoxy groups -OCH3 is 1. The second-order valence-corrected chi connectivity index (χ2v) is 2.74. The van der Waals surface area contributed by atoms with E-state index in [4.69, 9.17) is 4.74 Å². The summed E-state index contributed by atoms with van der Waals surface area (Å²) in [5.41, 5.74) is 0. The van der Waals surface area contributed by atoms with Gasteiger partial charge >= 0.3 is 0 Å². The normalized spacial score (nSPS) is 31.4. The second kappa shape index (κ2) is 4.36. The molecule has 0 aromatic rings. The van der Waals surface area contributed by atoms with Crippen molar-refractivity contribution in [2.24, 2.45) is 0 Å². The number of rotatable bonds is 3. The van der Waals surface area contributed by atoms with Gasteiger partial charge in [0.1, 0.15) is 0 Å². The minimum Gasteiger partial charge on any atom is -0.386 e. The van der Waals surface area contributed by atoms with Crippen LogP contribution in [0.25, 0.3) is 0 Å². The lowest BCUT2D eigenvalue weighted by Crippen LogP contribution is -2.50. The molecule has 1 fully saturated rings. The van der Waals surface area contributed by atoms with Crippen LogP contribution in [0.4, 0.5) is 0 Å². The van der Waals surface area contributed by atoms with Crippen LogP contribution in [0.3, 0.4) is 0 Å². The predicted octanol–water partition coefficient (Wildman–Crippen LogP) is 0.0964. The Labute approximate surface area is 67.8 Å². The summed E-state index contributed by atoms with van der Waals surface area (Å²) in [6.45, 7) is 5.63. The summed E-state index contributed by atoms with van der Waals surface area (Å²) in [4.78, 5) is 0. The zero-order valence-corrected chi connectivity index (χ0v) is 6.97. The Kier molecular flexibility index (Phi) is 3.39. The summed E-state index contributed by atoms with van der Waals surface area (Å²) < 4.78 is 5.28. The van der Waals surface area contributed by atoms with Gasteiger partial charge in [-0.3, -0.25) is 0 Å². The number of piperidine rings is 1. The first-order valence-corrected chi connectivity index (χ1v) is 3.99. The molecule has 1 rings (SSSR count). The fourth-order valence-corrected chi connectivity index (χ4v) is 1.42. The van der Waals surface area contributed by atoms with Gasteiger partial charge in [0.25, 0.3) is 0 Å². The van der Waals surface area contributed by atoms with Gasteiger partial charge in [-0.1, -0.05) is 6.58 Å². The Balaban J connectivity index is 2.37. The molecule has 2 N–H and O–H groups in total. The Bertz CT molecular complexity index is 127. The molecule has 0 aromatic carbocycles. The van der Waals surface area contributed by atoms with Crippen LogP contribution in [0, 0.1) is 0 Å². The Morgan fingerprint density at radius 1 is 1.73 bits per heavy atom. The Morgan fingerprint density at radius 3 is 3.18 bits per heavy atom. The topological polar surface area (TPSA) is 33.3 Å². The maximum absolute atomic E-state index is 5.28. The number of nitrogens with one attached hydrogen (secondary N) is 2. The summed E-state index contributed by atoms with van der Waals surface area (Å²) in [6.07, 6.45) is 3.12. The summed E-state index contributed by atoms with van der Waals surface area (Å²) in [7, 11) is 1.75. The fourth-order valence-electron chi connectivity index (χ4n) is 1.42. The molecule has 1 aliphatic heterocycles. The number of hydrogen-bond acceptors (Lipinski definition) is 3. The zero-order valence-electron chi connectivity index (χ0n) is 6.97. The molecule has 0 saturated carbocycles. The third kappa shape index (κ3) is 2.20. The van der Waals surface area contributed by atoms with Crippen LogP contribution in [0.1, 0.15) is 6.42 Å². The third-order valence-corrected chi connectivity index (χ3v) is 2.06. The van der Waals surface area contributed by atoms with Gasteiger partial charge in [-0.2, -0.15) is 0 Å². The molecule has 0 bridgehead atoms. The van der Waals surface area contributed by atoms with Gasteiger partial charge in [0.2, 0.25) is 0 Å². The molecule has 0 radical (unpaired) electrons. The molecular formula is C8H16N2O. The van der Waals surface area contributed by atoms with Crippen molar-refractivity contribution >= 4 is 0 Å². The van der Waals surface area contributed by atoms with Crippen molar-refractivity contribution in [1.29, 1.82) is 0 Å². The van der Waals surface area contributed by atoms with E-state index in [9.17, 15) is 0 Å². The lowest BCUT2D eigenvalue weighted by Gasteiger charge is -2.31. The van der Waals surface area contributed by atoms with Crippen LogP contribution < -0.4 is 10.6 Å². The Morgan fingerprint density at radius 2 is 2.55 bits per heavy atom. The van der Waals surface area contributed by atoms with E-state index in [0.29, 0.717) is 6.04 Å². The first-order chi connectivity index (χ1) is 5.38.